The minimum absolute atomic E-state index is 0.448. The van der Waals surface area contributed by atoms with Crippen molar-refractivity contribution in [3.63, 3.8) is 0 Å². The van der Waals surface area contributed by atoms with E-state index in [0.29, 0.717) is 6.10 Å². The lowest BCUT2D eigenvalue weighted by atomic mass is 10.1. The van der Waals surface area contributed by atoms with E-state index in [2.05, 4.69) is 22.0 Å². The Bertz CT molecular complexity index is 370. The van der Waals surface area contributed by atoms with E-state index in [-0.39, 0.29) is 0 Å². The van der Waals surface area contributed by atoms with E-state index in [0.717, 1.165) is 25.7 Å². The van der Waals surface area contributed by atoms with Crippen molar-refractivity contribution in [2.45, 2.75) is 57.2 Å². The molecular weight excluding hydrogens is 236 g/mol. The van der Waals surface area contributed by atoms with Crippen LogP contribution >= 0.6 is 0 Å². The van der Waals surface area contributed by atoms with Gasteiger partial charge in [-0.2, -0.15) is 0 Å². The number of pyridine rings is 1. The van der Waals surface area contributed by atoms with E-state index < -0.39 is 0 Å². The first-order valence-corrected chi connectivity index (χ1v) is 7.67. The Kier molecular flexibility index (Phi) is 4.46. The van der Waals surface area contributed by atoms with Gasteiger partial charge in [-0.05, 0) is 37.8 Å². The first kappa shape index (κ1) is 13.1. The minimum atomic E-state index is 0.448. The zero-order valence-electron chi connectivity index (χ0n) is 11.6. The molecule has 3 rings (SSSR count). The third-order valence-corrected chi connectivity index (χ3v) is 4.39. The summed E-state index contributed by atoms with van der Waals surface area (Å²) in [6, 6.07) is 6.95. The number of hydrogen-bond acceptors (Lipinski definition) is 3. The van der Waals surface area contributed by atoms with E-state index in [4.69, 9.17) is 4.74 Å². The second-order valence-electron chi connectivity index (χ2n) is 5.82. The van der Waals surface area contributed by atoms with Gasteiger partial charge in [0, 0.05) is 31.9 Å². The van der Waals surface area contributed by atoms with Crippen molar-refractivity contribution >= 4 is 0 Å². The maximum atomic E-state index is 5.82. The SMILES string of the molecule is c1ccc(CN(C[C@H]2CCCO2)C2CCCC2)nc1. The lowest BCUT2D eigenvalue weighted by molar-refractivity contribution is 0.0536. The summed E-state index contributed by atoms with van der Waals surface area (Å²) in [5.74, 6) is 0. The maximum absolute atomic E-state index is 5.82. The molecule has 1 aliphatic carbocycles. The largest absolute Gasteiger partial charge is 0.377 e. The number of hydrogen-bond donors (Lipinski definition) is 0. The van der Waals surface area contributed by atoms with Crippen molar-refractivity contribution in [1.29, 1.82) is 0 Å². The Morgan fingerprint density at radius 3 is 2.74 bits per heavy atom. The summed E-state index contributed by atoms with van der Waals surface area (Å²) in [7, 11) is 0. The highest BCUT2D eigenvalue weighted by Gasteiger charge is 2.27. The van der Waals surface area contributed by atoms with Gasteiger partial charge in [-0.15, -0.1) is 0 Å². The lowest BCUT2D eigenvalue weighted by Crippen LogP contribution is -2.38. The van der Waals surface area contributed by atoms with Gasteiger partial charge < -0.3 is 4.74 Å². The van der Waals surface area contributed by atoms with Gasteiger partial charge >= 0.3 is 0 Å². The molecule has 2 heterocycles. The van der Waals surface area contributed by atoms with Crippen molar-refractivity contribution in [2.24, 2.45) is 0 Å². The number of rotatable bonds is 5. The van der Waals surface area contributed by atoms with Crippen molar-refractivity contribution < 1.29 is 4.74 Å². The standard InChI is InChI=1S/C16H24N2O/c1-2-8-15(7-1)18(13-16-9-5-11-19-16)12-14-6-3-4-10-17-14/h3-4,6,10,15-16H,1-2,5,7-9,11-13H2/t16-/m1/s1. The Morgan fingerprint density at radius 1 is 1.16 bits per heavy atom. The number of nitrogens with zero attached hydrogens (tertiary/aromatic N) is 2. The fourth-order valence-corrected chi connectivity index (χ4v) is 3.36. The van der Waals surface area contributed by atoms with Gasteiger partial charge in [-0.3, -0.25) is 9.88 Å². The molecule has 1 saturated carbocycles. The Labute approximate surface area is 116 Å². The molecule has 104 valence electrons. The van der Waals surface area contributed by atoms with Crippen LogP contribution in [-0.2, 0) is 11.3 Å². The summed E-state index contributed by atoms with van der Waals surface area (Å²) in [6.07, 6.45) is 10.3. The molecule has 0 spiro atoms. The molecular formula is C16H24N2O. The normalized spacial score (nSPS) is 24.4. The third kappa shape index (κ3) is 3.54. The van der Waals surface area contributed by atoms with Gasteiger partial charge in [0.05, 0.1) is 11.8 Å². The molecule has 0 aromatic carbocycles. The van der Waals surface area contributed by atoms with Crippen LogP contribution in [0.15, 0.2) is 24.4 Å². The topological polar surface area (TPSA) is 25.4 Å². The van der Waals surface area contributed by atoms with Crippen LogP contribution in [0.1, 0.15) is 44.2 Å². The lowest BCUT2D eigenvalue weighted by Gasteiger charge is -2.30. The second-order valence-corrected chi connectivity index (χ2v) is 5.82. The molecule has 0 radical (unpaired) electrons. The van der Waals surface area contributed by atoms with Crippen LogP contribution in [0, 0.1) is 0 Å². The number of aromatic nitrogens is 1. The van der Waals surface area contributed by atoms with Crippen molar-refractivity contribution in [3.05, 3.63) is 30.1 Å². The predicted molar refractivity (Wildman–Crippen MR) is 75.9 cm³/mol. The fourth-order valence-electron chi connectivity index (χ4n) is 3.36. The van der Waals surface area contributed by atoms with Gasteiger partial charge in [0.15, 0.2) is 0 Å². The van der Waals surface area contributed by atoms with Gasteiger partial charge in [0.2, 0.25) is 0 Å². The van der Waals surface area contributed by atoms with Gasteiger partial charge in [0.1, 0.15) is 0 Å². The summed E-state index contributed by atoms with van der Waals surface area (Å²) < 4.78 is 5.82. The van der Waals surface area contributed by atoms with Crippen LogP contribution in [0.25, 0.3) is 0 Å². The highest BCUT2D eigenvalue weighted by molar-refractivity contribution is 5.04. The molecule has 2 fully saturated rings. The van der Waals surface area contributed by atoms with E-state index in [1.807, 2.05) is 12.3 Å². The summed E-state index contributed by atoms with van der Waals surface area (Å²) in [4.78, 5) is 7.10. The summed E-state index contributed by atoms with van der Waals surface area (Å²) in [5.41, 5.74) is 1.19. The van der Waals surface area contributed by atoms with Crippen molar-refractivity contribution in [2.75, 3.05) is 13.2 Å². The van der Waals surface area contributed by atoms with E-state index in [9.17, 15) is 0 Å². The monoisotopic (exact) mass is 260 g/mol. The molecule has 1 atom stereocenters. The average molecular weight is 260 g/mol. The molecule has 1 aromatic rings. The van der Waals surface area contributed by atoms with Crippen LogP contribution in [0.5, 0.6) is 0 Å². The predicted octanol–water partition coefficient (Wildman–Crippen LogP) is 3.01. The number of ether oxygens (including phenoxy) is 1. The van der Waals surface area contributed by atoms with Gasteiger partial charge in [-0.25, -0.2) is 0 Å². The smallest absolute Gasteiger partial charge is 0.0703 e. The first-order valence-electron chi connectivity index (χ1n) is 7.67. The quantitative estimate of drug-likeness (QED) is 0.813. The van der Waals surface area contributed by atoms with E-state index in [1.165, 1.54) is 44.2 Å². The Morgan fingerprint density at radius 2 is 2.05 bits per heavy atom. The van der Waals surface area contributed by atoms with Gasteiger partial charge in [0.25, 0.3) is 0 Å². The van der Waals surface area contributed by atoms with Gasteiger partial charge in [-0.1, -0.05) is 18.9 Å². The third-order valence-electron chi connectivity index (χ3n) is 4.39. The molecule has 0 N–H and O–H groups in total. The maximum Gasteiger partial charge on any atom is 0.0703 e. The molecule has 1 aromatic heterocycles. The fraction of sp³-hybridized carbons (Fsp3) is 0.688. The summed E-state index contributed by atoms with van der Waals surface area (Å²) in [6.45, 7) is 3.01. The Hall–Kier alpha value is -0.930. The summed E-state index contributed by atoms with van der Waals surface area (Å²) in [5, 5.41) is 0. The highest BCUT2D eigenvalue weighted by Crippen LogP contribution is 2.26. The highest BCUT2D eigenvalue weighted by atomic mass is 16.5. The average Bonchev–Trinajstić information content (AvgIpc) is 3.12. The van der Waals surface area contributed by atoms with E-state index in [1.54, 1.807) is 0 Å². The zero-order valence-corrected chi connectivity index (χ0v) is 11.6. The van der Waals surface area contributed by atoms with Crippen molar-refractivity contribution in [1.82, 2.24) is 9.88 Å². The molecule has 1 aliphatic heterocycles. The van der Waals surface area contributed by atoms with Crippen LogP contribution in [0.3, 0.4) is 0 Å². The molecule has 3 nitrogen and oxygen atoms in total. The molecule has 0 amide bonds. The van der Waals surface area contributed by atoms with Crippen LogP contribution in [0.4, 0.5) is 0 Å². The van der Waals surface area contributed by atoms with Crippen LogP contribution in [-0.4, -0.2) is 35.2 Å². The molecule has 19 heavy (non-hydrogen) atoms. The summed E-state index contributed by atoms with van der Waals surface area (Å²) >= 11 is 0. The minimum Gasteiger partial charge on any atom is -0.377 e. The Balaban J connectivity index is 1.64. The molecule has 0 unspecified atom stereocenters. The van der Waals surface area contributed by atoms with Crippen LogP contribution in [0.2, 0.25) is 0 Å². The molecule has 3 heteroatoms. The van der Waals surface area contributed by atoms with E-state index >= 15 is 0 Å². The molecule has 2 aliphatic rings. The molecule has 0 bridgehead atoms. The molecule has 1 saturated heterocycles. The first-order chi connectivity index (χ1) is 9.42. The van der Waals surface area contributed by atoms with Crippen molar-refractivity contribution in [3.8, 4) is 0 Å². The zero-order chi connectivity index (χ0) is 12.9. The second kappa shape index (κ2) is 6.49. The van der Waals surface area contributed by atoms with Crippen LogP contribution < -0.4 is 0 Å².